The topological polar surface area (TPSA) is 44.4 Å². The lowest BCUT2D eigenvalue weighted by Gasteiger charge is -2.36. The summed E-state index contributed by atoms with van der Waals surface area (Å²) in [5.74, 6) is -0.201. The Morgan fingerprint density at radius 2 is 2.23 bits per heavy atom. The molecule has 0 unspecified atom stereocenters. The summed E-state index contributed by atoms with van der Waals surface area (Å²) in [4.78, 5) is 13.5. The number of nitrogens with one attached hydrogen (secondary N) is 2. The Labute approximate surface area is 127 Å². The number of nitrogens with zero attached hydrogens (tertiary/aromatic N) is 1. The molecule has 1 aromatic rings. The largest absolute Gasteiger partial charge is 0.390 e. The summed E-state index contributed by atoms with van der Waals surface area (Å²) < 4.78 is 37.4. The standard InChI is InChI=1S/C15H20F3N3O/c1-19-14(22)12-4-2-3-11(9-12)13-10-20-6-8-21(13)7-5-15(16,17)18/h2-4,9,13,20H,5-8,10H2,1H3,(H,19,22)/t13-/m1/s1. The molecular formula is C15H20F3N3O. The van der Waals surface area contributed by atoms with Gasteiger partial charge in [-0.25, -0.2) is 0 Å². The summed E-state index contributed by atoms with van der Waals surface area (Å²) in [6.07, 6.45) is -4.97. The van der Waals surface area contributed by atoms with Crippen LogP contribution in [-0.4, -0.2) is 50.2 Å². The fourth-order valence-corrected chi connectivity index (χ4v) is 2.64. The maximum absolute atomic E-state index is 12.5. The first-order valence-corrected chi connectivity index (χ1v) is 7.24. The highest BCUT2D eigenvalue weighted by atomic mass is 19.4. The molecule has 1 amide bonds. The van der Waals surface area contributed by atoms with E-state index in [2.05, 4.69) is 10.6 Å². The highest BCUT2D eigenvalue weighted by Gasteiger charge is 2.31. The summed E-state index contributed by atoms with van der Waals surface area (Å²) in [5, 5.41) is 5.75. The molecule has 0 aromatic heterocycles. The number of rotatable bonds is 4. The summed E-state index contributed by atoms with van der Waals surface area (Å²) in [6.45, 7) is 1.78. The van der Waals surface area contributed by atoms with Crippen LogP contribution in [0.2, 0.25) is 0 Å². The quantitative estimate of drug-likeness (QED) is 0.892. The second-order valence-corrected chi connectivity index (χ2v) is 5.33. The van der Waals surface area contributed by atoms with Crippen LogP contribution in [0.1, 0.15) is 28.4 Å². The number of amides is 1. The molecule has 7 heteroatoms. The predicted molar refractivity (Wildman–Crippen MR) is 77.7 cm³/mol. The molecule has 0 spiro atoms. The number of carbonyl (C=O) groups is 1. The number of carbonyl (C=O) groups excluding carboxylic acids is 1. The fourth-order valence-electron chi connectivity index (χ4n) is 2.64. The number of hydrogen-bond donors (Lipinski definition) is 2. The third-order valence-corrected chi connectivity index (χ3v) is 3.80. The van der Waals surface area contributed by atoms with Crippen molar-refractivity contribution in [3.05, 3.63) is 35.4 Å². The van der Waals surface area contributed by atoms with Crippen LogP contribution in [0.15, 0.2) is 24.3 Å². The van der Waals surface area contributed by atoms with Gasteiger partial charge in [0.15, 0.2) is 0 Å². The Hall–Kier alpha value is -1.60. The number of hydrogen-bond acceptors (Lipinski definition) is 3. The van der Waals surface area contributed by atoms with Gasteiger partial charge in [0.2, 0.25) is 0 Å². The van der Waals surface area contributed by atoms with Crippen molar-refractivity contribution in [3.8, 4) is 0 Å². The molecule has 1 aliphatic rings. The third-order valence-electron chi connectivity index (χ3n) is 3.80. The molecule has 1 atom stereocenters. The normalized spacial score (nSPS) is 19.9. The maximum Gasteiger partial charge on any atom is 0.390 e. The van der Waals surface area contributed by atoms with Gasteiger partial charge >= 0.3 is 6.18 Å². The van der Waals surface area contributed by atoms with Crippen LogP contribution in [0, 0.1) is 0 Å². The molecule has 1 saturated heterocycles. The van der Waals surface area contributed by atoms with E-state index in [1.165, 1.54) is 0 Å². The molecule has 2 rings (SSSR count). The SMILES string of the molecule is CNC(=O)c1cccc([C@H]2CNCCN2CCC(F)(F)F)c1. The Kier molecular flexibility index (Phi) is 5.42. The summed E-state index contributed by atoms with van der Waals surface area (Å²) in [6, 6.07) is 6.90. The van der Waals surface area contributed by atoms with Gasteiger partial charge in [-0.3, -0.25) is 9.69 Å². The van der Waals surface area contributed by atoms with Crippen molar-refractivity contribution in [2.45, 2.75) is 18.6 Å². The third kappa shape index (κ3) is 4.45. The smallest absolute Gasteiger partial charge is 0.355 e. The number of halogens is 3. The molecule has 4 nitrogen and oxygen atoms in total. The van der Waals surface area contributed by atoms with Gasteiger partial charge in [-0.05, 0) is 17.7 Å². The molecule has 1 fully saturated rings. The van der Waals surface area contributed by atoms with Gasteiger partial charge in [0, 0.05) is 44.8 Å². The van der Waals surface area contributed by atoms with Gasteiger partial charge in [-0.2, -0.15) is 13.2 Å². The molecule has 2 N–H and O–H groups in total. The van der Waals surface area contributed by atoms with E-state index in [1.807, 2.05) is 11.0 Å². The minimum atomic E-state index is -4.15. The molecule has 0 aliphatic carbocycles. The first-order valence-electron chi connectivity index (χ1n) is 7.24. The van der Waals surface area contributed by atoms with E-state index in [9.17, 15) is 18.0 Å². The second kappa shape index (κ2) is 7.11. The van der Waals surface area contributed by atoms with E-state index in [0.717, 1.165) is 5.56 Å². The monoisotopic (exact) mass is 315 g/mol. The summed E-state index contributed by atoms with van der Waals surface area (Å²) in [5.41, 5.74) is 1.37. The van der Waals surface area contributed by atoms with Crippen molar-refractivity contribution >= 4 is 5.91 Å². The molecule has 0 saturated carbocycles. The van der Waals surface area contributed by atoms with E-state index in [4.69, 9.17) is 0 Å². The van der Waals surface area contributed by atoms with E-state index in [1.54, 1.807) is 25.2 Å². The zero-order valence-electron chi connectivity index (χ0n) is 12.4. The Bertz CT molecular complexity index is 519. The minimum Gasteiger partial charge on any atom is -0.355 e. The Balaban J connectivity index is 2.15. The predicted octanol–water partition coefficient (Wildman–Crippen LogP) is 1.94. The Morgan fingerprint density at radius 3 is 2.91 bits per heavy atom. The first-order chi connectivity index (χ1) is 10.4. The van der Waals surface area contributed by atoms with Gasteiger partial charge in [-0.15, -0.1) is 0 Å². The zero-order valence-corrected chi connectivity index (χ0v) is 12.4. The first kappa shape index (κ1) is 16.8. The Morgan fingerprint density at radius 1 is 1.45 bits per heavy atom. The van der Waals surface area contributed by atoms with Gasteiger partial charge < -0.3 is 10.6 Å². The molecule has 122 valence electrons. The van der Waals surface area contributed by atoms with Crippen molar-refractivity contribution in [1.29, 1.82) is 0 Å². The highest BCUT2D eigenvalue weighted by molar-refractivity contribution is 5.94. The molecule has 1 aromatic carbocycles. The lowest BCUT2D eigenvalue weighted by Crippen LogP contribution is -2.47. The summed E-state index contributed by atoms with van der Waals surface area (Å²) in [7, 11) is 1.55. The zero-order chi connectivity index (χ0) is 16.2. The second-order valence-electron chi connectivity index (χ2n) is 5.33. The molecule has 0 bridgehead atoms. The molecule has 1 aliphatic heterocycles. The van der Waals surface area contributed by atoms with Crippen LogP contribution < -0.4 is 10.6 Å². The molecule has 0 radical (unpaired) electrons. The van der Waals surface area contributed by atoms with E-state index in [-0.39, 0.29) is 18.5 Å². The lowest BCUT2D eigenvalue weighted by molar-refractivity contribution is -0.139. The van der Waals surface area contributed by atoms with Crippen LogP contribution in [0.4, 0.5) is 13.2 Å². The fraction of sp³-hybridized carbons (Fsp3) is 0.533. The van der Waals surface area contributed by atoms with Crippen molar-refractivity contribution in [3.63, 3.8) is 0 Å². The van der Waals surface area contributed by atoms with Crippen LogP contribution in [0.3, 0.4) is 0 Å². The average molecular weight is 315 g/mol. The molecular weight excluding hydrogens is 295 g/mol. The van der Waals surface area contributed by atoms with Crippen molar-refractivity contribution in [2.75, 3.05) is 33.2 Å². The maximum atomic E-state index is 12.5. The van der Waals surface area contributed by atoms with Crippen molar-refractivity contribution in [2.24, 2.45) is 0 Å². The van der Waals surface area contributed by atoms with Crippen molar-refractivity contribution in [1.82, 2.24) is 15.5 Å². The van der Waals surface area contributed by atoms with Gasteiger partial charge in [0.1, 0.15) is 0 Å². The van der Waals surface area contributed by atoms with Gasteiger partial charge in [-0.1, -0.05) is 12.1 Å². The van der Waals surface area contributed by atoms with Gasteiger partial charge in [0.25, 0.3) is 5.91 Å². The van der Waals surface area contributed by atoms with Gasteiger partial charge in [0.05, 0.1) is 6.42 Å². The van der Waals surface area contributed by atoms with Crippen molar-refractivity contribution < 1.29 is 18.0 Å². The van der Waals surface area contributed by atoms with Crippen LogP contribution >= 0.6 is 0 Å². The molecule has 1 heterocycles. The minimum absolute atomic E-state index is 0.0277. The van der Waals surface area contributed by atoms with Crippen LogP contribution in [0.25, 0.3) is 0 Å². The average Bonchev–Trinajstić information content (AvgIpc) is 2.52. The van der Waals surface area contributed by atoms with E-state index < -0.39 is 12.6 Å². The number of benzene rings is 1. The number of piperazine rings is 1. The van der Waals surface area contributed by atoms with Crippen LogP contribution in [-0.2, 0) is 0 Å². The number of alkyl halides is 3. The van der Waals surface area contributed by atoms with E-state index >= 15 is 0 Å². The summed E-state index contributed by atoms with van der Waals surface area (Å²) >= 11 is 0. The lowest BCUT2D eigenvalue weighted by atomic mass is 10.0. The molecule has 22 heavy (non-hydrogen) atoms. The van der Waals surface area contributed by atoms with E-state index in [0.29, 0.717) is 25.2 Å². The highest BCUT2D eigenvalue weighted by Crippen LogP contribution is 2.26. The van der Waals surface area contributed by atoms with Crippen LogP contribution in [0.5, 0.6) is 0 Å².